The van der Waals surface area contributed by atoms with Gasteiger partial charge in [-0.05, 0) is 41.7 Å². The zero-order valence-corrected chi connectivity index (χ0v) is 11.2. The Morgan fingerprint density at radius 3 is 2.63 bits per heavy atom. The van der Waals surface area contributed by atoms with E-state index < -0.39 is 9.84 Å². The third-order valence-corrected chi connectivity index (χ3v) is 5.97. The Bertz CT molecular complexity index is 776. The van der Waals surface area contributed by atoms with Gasteiger partial charge in [0.05, 0.1) is 10.6 Å². The topological polar surface area (TPSA) is 47.0 Å². The van der Waals surface area contributed by atoms with Crippen molar-refractivity contribution in [3.63, 3.8) is 0 Å². The highest BCUT2D eigenvalue weighted by atomic mass is 32.2. The van der Waals surface area contributed by atoms with Gasteiger partial charge in [-0.15, -0.1) is 0 Å². The Balaban J connectivity index is 2.12. The molecule has 4 rings (SSSR count). The highest BCUT2D eigenvalue weighted by Crippen LogP contribution is 2.57. The molecule has 1 aromatic carbocycles. The minimum Gasteiger partial charge on any atom is -0.264 e. The minimum atomic E-state index is -3.26. The summed E-state index contributed by atoms with van der Waals surface area (Å²) in [6.45, 7) is 0. The van der Waals surface area contributed by atoms with Crippen LogP contribution >= 0.6 is 0 Å². The van der Waals surface area contributed by atoms with Crippen LogP contribution in [0.5, 0.6) is 0 Å². The molecule has 0 radical (unpaired) electrons. The number of sulfone groups is 1. The molecule has 0 bridgehead atoms. The summed E-state index contributed by atoms with van der Waals surface area (Å²) < 4.78 is 25.1. The van der Waals surface area contributed by atoms with Crippen LogP contribution in [0, 0.1) is 0 Å². The van der Waals surface area contributed by atoms with Gasteiger partial charge in [0.25, 0.3) is 0 Å². The van der Waals surface area contributed by atoms with Crippen LogP contribution in [0.1, 0.15) is 29.5 Å². The van der Waals surface area contributed by atoms with E-state index in [0.717, 1.165) is 29.5 Å². The van der Waals surface area contributed by atoms with E-state index in [1.807, 2.05) is 18.2 Å². The van der Waals surface area contributed by atoms with Crippen molar-refractivity contribution in [1.82, 2.24) is 4.98 Å². The number of aromatic nitrogens is 1. The molecule has 3 nitrogen and oxygen atoms in total. The van der Waals surface area contributed by atoms with Crippen LogP contribution in [-0.2, 0) is 21.0 Å². The maximum absolute atomic E-state index is 12.5. The molecular formula is C15H13NO2S. The normalized spacial score (nSPS) is 21.3. The summed E-state index contributed by atoms with van der Waals surface area (Å²) in [6.07, 6.45) is 5.52. The number of fused-ring (bicyclic) bond motifs is 4. The van der Waals surface area contributed by atoms with E-state index in [9.17, 15) is 8.42 Å². The molecule has 0 saturated heterocycles. The fraction of sp³-hybridized carbons (Fsp3) is 0.267. The standard InChI is InChI=1S/C15H13NO2S/c17-19(18)10-11-9-16-8-5-12(11)15(6-7-15)13-3-1-2-4-14(13)19/h1-5,8-9H,6-7,10H2. The molecule has 0 atom stereocenters. The van der Waals surface area contributed by atoms with Crippen molar-refractivity contribution in [1.29, 1.82) is 0 Å². The van der Waals surface area contributed by atoms with E-state index in [1.54, 1.807) is 24.5 Å². The summed E-state index contributed by atoms with van der Waals surface area (Å²) in [4.78, 5) is 4.60. The van der Waals surface area contributed by atoms with E-state index in [2.05, 4.69) is 4.98 Å². The van der Waals surface area contributed by atoms with Gasteiger partial charge in [-0.1, -0.05) is 18.2 Å². The third-order valence-electron chi connectivity index (χ3n) is 4.25. The summed E-state index contributed by atoms with van der Waals surface area (Å²) in [6, 6.07) is 9.43. The van der Waals surface area contributed by atoms with E-state index in [0.29, 0.717) is 4.90 Å². The molecule has 0 N–H and O–H groups in total. The average molecular weight is 271 g/mol. The van der Waals surface area contributed by atoms with Gasteiger partial charge in [-0.25, -0.2) is 8.42 Å². The predicted molar refractivity (Wildman–Crippen MR) is 71.6 cm³/mol. The van der Waals surface area contributed by atoms with Crippen molar-refractivity contribution in [2.24, 2.45) is 0 Å². The average Bonchev–Trinajstić information content (AvgIpc) is 3.20. The first-order valence-electron chi connectivity index (χ1n) is 6.39. The fourth-order valence-corrected chi connectivity index (χ4v) is 4.91. The molecular weight excluding hydrogens is 258 g/mol. The number of hydrogen-bond donors (Lipinski definition) is 0. The van der Waals surface area contributed by atoms with Crippen molar-refractivity contribution in [3.8, 4) is 0 Å². The van der Waals surface area contributed by atoms with E-state index in [4.69, 9.17) is 0 Å². The van der Waals surface area contributed by atoms with Crippen molar-refractivity contribution in [2.75, 3.05) is 0 Å². The van der Waals surface area contributed by atoms with E-state index in [1.165, 1.54) is 0 Å². The Morgan fingerprint density at radius 1 is 1.05 bits per heavy atom. The molecule has 1 aliphatic heterocycles. The van der Waals surface area contributed by atoms with Crippen molar-refractivity contribution < 1.29 is 8.42 Å². The molecule has 96 valence electrons. The lowest BCUT2D eigenvalue weighted by atomic mass is 9.86. The van der Waals surface area contributed by atoms with Gasteiger partial charge in [0.2, 0.25) is 0 Å². The van der Waals surface area contributed by atoms with Gasteiger partial charge in [0, 0.05) is 17.8 Å². The lowest BCUT2D eigenvalue weighted by Crippen LogP contribution is -2.11. The molecule has 1 saturated carbocycles. The summed E-state index contributed by atoms with van der Waals surface area (Å²) in [5, 5.41) is 0. The Labute approximate surface area is 112 Å². The molecule has 0 amide bonds. The first-order valence-corrected chi connectivity index (χ1v) is 8.04. The number of pyridine rings is 1. The monoisotopic (exact) mass is 271 g/mol. The highest BCUT2D eigenvalue weighted by Gasteiger charge is 2.51. The van der Waals surface area contributed by atoms with E-state index in [-0.39, 0.29) is 11.2 Å². The Morgan fingerprint density at radius 2 is 1.84 bits per heavy atom. The molecule has 4 heteroatoms. The summed E-state index contributed by atoms with van der Waals surface area (Å²) in [7, 11) is -3.26. The lowest BCUT2D eigenvalue weighted by Gasteiger charge is -2.17. The van der Waals surface area contributed by atoms with Gasteiger partial charge in [0.15, 0.2) is 9.84 Å². The summed E-state index contributed by atoms with van der Waals surface area (Å²) in [5.41, 5.74) is 2.89. The molecule has 1 fully saturated rings. The molecule has 2 heterocycles. The van der Waals surface area contributed by atoms with Crippen molar-refractivity contribution in [3.05, 3.63) is 59.4 Å². The van der Waals surface area contributed by atoms with Gasteiger partial charge in [0.1, 0.15) is 0 Å². The predicted octanol–water partition coefficient (Wildman–Crippen LogP) is 2.45. The molecule has 1 aliphatic carbocycles. The second-order valence-electron chi connectivity index (χ2n) is 5.37. The van der Waals surface area contributed by atoms with Crippen LogP contribution in [-0.4, -0.2) is 13.4 Å². The van der Waals surface area contributed by atoms with E-state index >= 15 is 0 Å². The van der Waals surface area contributed by atoms with Crippen LogP contribution in [0.3, 0.4) is 0 Å². The minimum absolute atomic E-state index is 0.0644. The molecule has 1 spiro atoms. The SMILES string of the molecule is O=S1(=O)Cc2cnccc2C2(CC2)c2ccccc21. The Hall–Kier alpha value is -1.68. The van der Waals surface area contributed by atoms with Crippen molar-refractivity contribution in [2.45, 2.75) is 28.9 Å². The molecule has 2 aromatic rings. The number of rotatable bonds is 0. The first kappa shape index (κ1) is 11.2. The maximum Gasteiger partial charge on any atom is 0.182 e. The third kappa shape index (κ3) is 1.43. The van der Waals surface area contributed by atoms with Crippen LogP contribution in [0.2, 0.25) is 0 Å². The smallest absolute Gasteiger partial charge is 0.182 e. The molecule has 0 unspecified atom stereocenters. The molecule has 19 heavy (non-hydrogen) atoms. The number of nitrogens with zero attached hydrogens (tertiary/aromatic N) is 1. The largest absolute Gasteiger partial charge is 0.264 e. The zero-order chi connectivity index (χ0) is 13.1. The number of hydrogen-bond acceptors (Lipinski definition) is 3. The lowest BCUT2D eigenvalue weighted by molar-refractivity contribution is 0.594. The van der Waals surface area contributed by atoms with Crippen molar-refractivity contribution >= 4 is 9.84 Å². The van der Waals surface area contributed by atoms with Crippen LogP contribution in [0.4, 0.5) is 0 Å². The zero-order valence-electron chi connectivity index (χ0n) is 10.3. The molecule has 1 aromatic heterocycles. The van der Waals surface area contributed by atoms with Crippen LogP contribution < -0.4 is 0 Å². The molecule has 2 aliphatic rings. The fourth-order valence-electron chi connectivity index (χ4n) is 3.23. The van der Waals surface area contributed by atoms with Gasteiger partial charge < -0.3 is 0 Å². The number of benzene rings is 1. The van der Waals surface area contributed by atoms with Gasteiger partial charge >= 0.3 is 0 Å². The highest BCUT2D eigenvalue weighted by molar-refractivity contribution is 7.90. The van der Waals surface area contributed by atoms with Crippen LogP contribution in [0.25, 0.3) is 0 Å². The second-order valence-corrected chi connectivity index (χ2v) is 7.33. The summed E-state index contributed by atoms with van der Waals surface area (Å²) >= 11 is 0. The Kier molecular flexibility index (Phi) is 2.03. The summed E-state index contributed by atoms with van der Waals surface area (Å²) in [5.74, 6) is 0.0644. The maximum atomic E-state index is 12.5. The van der Waals surface area contributed by atoms with Crippen LogP contribution in [0.15, 0.2) is 47.6 Å². The van der Waals surface area contributed by atoms with Gasteiger partial charge in [-0.2, -0.15) is 0 Å². The quantitative estimate of drug-likeness (QED) is 0.739. The second kappa shape index (κ2) is 3.45. The first-order chi connectivity index (χ1) is 9.13. The van der Waals surface area contributed by atoms with Gasteiger partial charge in [-0.3, -0.25) is 4.98 Å².